The van der Waals surface area contributed by atoms with Gasteiger partial charge >= 0.3 is 0 Å². The molecule has 1 unspecified atom stereocenters. The first-order valence-corrected chi connectivity index (χ1v) is 6.77. The summed E-state index contributed by atoms with van der Waals surface area (Å²) in [5.74, 6) is 1.83. The largest absolute Gasteiger partial charge is 0.317 e. The first-order valence-electron chi connectivity index (χ1n) is 6.77. The third-order valence-electron chi connectivity index (χ3n) is 3.62. The van der Waals surface area contributed by atoms with E-state index >= 15 is 0 Å². The zero-order chi connectivity index (χ0) is 12.3. The zero-order valence-electron chi connectivity index (χ0n) is 11.2. The molecule has 1 fully saturated rings. The normalized spacial score (nSPS) is 24.7. The van der Waals surface area contributed by atoms with E-state index in [1.165, 1.54) is 25.1 Å². The monoisotopic (exact) mass is 236 g/mol. The molecule has 4 nitrogen and oxygen atoms in total. The standard InChI is InChI=1S/C13H24N4/c1-4-5-13(6-7-14-9-13)12-16-15-10-17(12)8-11(2)3/h10-11,14H,4-9H2,1-3H3. The first-order chi connectivity index (χ1) is 8.18. The van der Waals surface area contributed by atoms with Crippen molar-refractivity contribution in [1.82, 2.24) is 20.1 Å². The molecule has 0 aliphatic carbocycles. The van der Waals surface area contributed by atoms with Crippen molar-refractivity contribution < 1.29 is 0 Å². The maximum atomic E-state index is 4.42. The van der Waals surface area contributed by atoms with Crippen LogP contribution >= 0.6 is 0 Å². The molecule has 4 heteroatoms. The van der Waals surface area contributed by atoms with Crippen LogP contribution in [0.5, 0.6) is 0 Å². The molecule has 1 aromatic heterocycles. The van der Waals surface area contributed by atoms with E-state index in [-0.39, 0.29) is 5.41 Å². The van der Waals surface area contributed by atoms with Crippen LogP contribution < -0.4 is 5.32 Å². The lowest BCUT2D eigenvalue weighted by molar-refractivity contribution is 0.369. The first kappa shape index (κ1) is 12.6. The van der Waals surface area contributed by atoms with Crippen molar-refractivity contribution in [2.24, 2.45) is 5.92 Å². The van der Waals surface area contributed by atoms with Crippen LogP contribution in [0, 0.1) is 5.92 Å². The van der Waals surface area contributed by atoms with Crippen LogP contribution in [0.3, 0.4) is 0 Å². The molecule has 0 bridgehead atoms. The summed E-state index contributed by atoms with van der Waals surface area (Å²) in [5.41, 5.74) is 0.222. The Hall–Kier alpha value is -0.900. The van der Waals surface area contributed by atoms with Crippen LogP contribution in [-0.2, 0) is 12.0 Å². The predicted octanol–water partition coefficient (Wildman–Crippen LogP) is 1.97. The molecule has 1 saturated heterocycles. The van der Waals surface area contributed by atoms with Gasteiger partial charge in [-0.25, -0.2) is 0 Å². The molecule has 2 heterocycles. The maximum Gasteiger partial charge on any atom is 0.140 e. The molecule has 1 aliphatic rings. The van der Waals surface area contributed by atoms with E-state index in [1.54, 1.807) is 0 Å². The average Bonchev–Trinajstić information content (AvgIpc) is 2.87. The zero-order valence-corrected chi connectivity index (χ0v) is 11.2. The van der Waals surface area contributed by atoms with Gasteiger partial charge in [-0.3, -0.25) is 0 Å². The molecule has 1 N–H and O–H groups in total. The Bertz CT molecular complexity index is 350. The minimum absolute atomic E-state index is 0.222. The van der Waals surface area contributed by atoms with E-state index in [9.17, 15) is 0 Å². The lowest BCUT2D eigenvalue weighted by atomic mass is 9.81. The Morgan fingerprint density at radius 3 is 2.94 bits per heavy atom. The van der Waals surface area contributed by atoms with Gasteiger partial charge in [0.25, 0.3) is 0 Å². The Morgan fingerprint density at radius 1 is 1.53 bits per heavy atom. The summed E-state index contributed by atoms with van der Waals surface area (Å²) in [6, 6.07) is 0. The topological polar surface area (TPSA) is 42.7 Å². The van der Waals surface area contributed by atoms with Gasteiger partial charge in [-0.1, -0.05) is 27.2 Å². The van der Waals surface area contributed by atoms with Crippen LogP contribution in [0.4, 0.5) is 0 Å². The maximum absolute atomic E-state index is 4.42. The number of hydrogen-bond donors (Lipinski definition) is 1. The highest BCUT2D eigenvalue weighted by molar-refractivity contribution is 5.12. The lowest BCUT2D eigenvalue weighted by Crippen LogP contribution is -2.33. The van der Waals surface area contributed by atoms with Gasteiger partial charge in [-0.05, 0) is 25.3 Å². The van der Waals surface area contributed by atoms with Gasteiger partial charge in [0.2, 0.25) is 0 Å². The fourth-order valence-corrected chi connectivity index (χ4v) is 2.93. The number of aromatic nitrogens is 3. The SMILES string of the molecule is CCCC1(c2nncn2CC(C)C)CCNC1. The third-order valence-corrected chi connectivity index (χ3v) is 3.62. The fourth-order valence-electron chi connectivity index (χ4n) is 2.93. The Labute approximate surface area is 104 Å². The summed E-state index contributed by atoms with van der Waals surface area (Å²) in [7, 11) is 0. The van der Waals surface area contributed by atoms with Crippen molar-refractivity contribution in [3.63, 3.8) is 0 Å². The molecule has 17 heavy (non-hydrogen) atoms. The minimum Gasteiger partial charge on any atom is -0.317 e. The van der Waals surface area contributed by atoms with E-state index < -0.39 is 0 Å². The molecule has 1 aromatic rings. The van der Waals surface area contributed by atoms with E-state index in [4.69, 9.17) is 0 Å². The van der Waals surface area contributed by atoms with Crippen molar-refractivity contribution in [3.05, 3.63) is 12.2 Å². The molecule has 0 amide bonds. The van der Waals surface area contributed by atoms with Gasteiger partial charge in [0.15, 0.2) is 0 Å². The summed E-state index contributed by atoms with van der Waals surface area (Å²) < 4.78 is 2.26. The fraction of sp³-hybridized carbons (Fsp3) is 0.846. The van der Waals surface area contributed by atoms with E-state index in [0.29, 0.717) is 5.92 Å². The highest BCUT2D eigenvalue weighted by Gasteiger charge is 2.38. The van der Waals surface area contributed by atoms with Crippen molar-refractivity contribution in [2.45, 2.75) is 52.0 Å². The van der Waals surface area contributed by atoms with Crippen molar-refractivity contribution >= 4 is 0 Å². The number of hydrogen-bond acceptors (Lipinski definition) is 3. The lowest BCUT2D eigenvalue weighted by Gasteiger charge is -2.27. The average molecular weight is 236 g/mol. The summed E-state index contributed by atoms with van der Waals surface area (Å²) in [6.07, 6.45) is 5.50. The van der Waals surface area contributed by atoms with Gasteiger partial charge in [0.1, 0.15) is 12.2 Å². The molecular formula is C13H24N4. The Kier molecular flexibility index (Phi) is 3.82. The molecule has 0 saturated carbocycles. The smallest absolute Gasteiger partial charge is 0.140 e. The second-order valence-corrected chi connectivity index (χ2v) is 5.66. The molecule has 96 valence electrons. The summed E-state index contributed by atoms with van der Waals surface area (Å²) in [5, 5.41) is 12.0. The van der Waals surface area contributed by atoms with Crippen molar-refractivity contribution in [1.29, 1.82) is 0 Å². The summed E-state index contributed by atoms with van der Waals surface area (Å²) in [4.78, 5) is 0. The summed E-state index contributed by atoms with van der Waals surface area (Å²) >= 11 is 0. The molecule has 2 rings (SSSR count). The van der Waals surface area contributed by atoms with E-state index in [2.05, 4.69) is 40.9 Å². The number of nitrogens with zero attached hydrogens (tertiary/aromatic N) is 3. The number of rotatable bonds is 5. The van der Waals surface area contributed by atoms with E-state index in [0.717, 1.165) is 19.6 Å². The van der Waals surface area contributed by atoms with Crippen LogP contribution in [0.25, 0.3) is 0 Å². The van der Waals surface area contributed by atoms with Crippen LogP contribution in [0.2, 0.25) is 0 Å². The highest BCUT2D eigenvalue weighted by Crippen LogP contribution is 2.34. The highest BCUT2D eigenvalue weighted by atomic mass is 15.3. The van der Waals surface area contributed by atoms with Crippen LogP contribution in [0.1, 0.15) is 45.9 Å². The summed E-state index contributed by atoms with van der Waals surface area (Å²) in [6.45, 7) is 9.91. The number of nitrogens with one attached hydrogen (secondary N) is 1. The molecular weight excluding hydrogens is 212 g/mol. The Balaban J connectivity index is 2.26. The van der Waals surface area contributed by atoms with Gasteiger partial charge in [-0.15, -0.1) is 10.2 Å². The van der Waals surface area contributed by atoms with Crippen LogP contribution in [-0.4, -0.2) is 27.9 Å². The quantitative estimate of drug-likeness (QED) is 0.850. The van der Waals surface area contributed by atoms with Gasteiger partial charge in [-0.2, -0.15) is 0 Å². The van der Waals surface area contributed by atoms with E-state index in [1.807, 2.05) is 6.33 Å². The molecule has 0 radical (unpaired) electrons. The second-order valence-electron chi connectivity index (χ2n) is 5.66. The van der Waals surface area contributed by atoms with Gasteiger partial charge < -0.3 is 9.88 Å². The van der Waals surface area contributed by atoms with Crippen LogP contribution in [0.15, 0.2) is 6.33 Å². The molecule has 0 aromatic carbocycles. The second kappa shape index (κ2) is 5.17. The molecule has 1 aliphatic heterocycles. The van der Waals surface area contributed by atoms with Gasteiger partial charge in [0.05, 0.1) is 0 Å². The third kappa shape index (κ3) is 2.51. The minimum atomic E-state index is 0.222. The molecule has 1 atom stereocenters. The Morgan fingerprint density at radius 2 is 2.35 bits per heavy atom. The van der Waals surface area contributed by atoms with Gasteiger partial charge in [0, 0.05) is 18.5 Å². The molecule has 0 spiro atoms. The van der Waals surface area contributed by atoms with Crippen molar-refractivity contribution in [2.75, 3.05) is 13.1 Å². The predicted molar refractivity (Wildman–Crippen MR) is 68.9 cm³/mol. The van der Waals surface area contributed by atoms with Crippen molar-refractivity contribution in [3.8, 4) is 0 Å².